The van der Waals surface area contributed by atoms with Gasteiger partial charge < -0.3 is 24.8 Å². The molecular weight excluding hydrogens is 647 g/mol. The average molecular weight is 688 g/mol. The van der Waals surface area contributed by atoms with Crippen LogP contribution < -0.4 is 24.8 Å². The summed E-state index contributed by atoms with van der Waals surface area (Å²) < 4.78 is 0. The van der Waals surface area contributed by atoms with Crippen LogP contribution in [0.5, 0.6) is 0 Å². The molecule has 0 fully saturated rings. The third-order valence-electron chi connectivity index (χ3n) is 6.61. The largest absolute Gasteiger partial charge is 4.00 e. The molecule has 6 aromatic carbocycles. The monoisotopic (exact) mass is 685 g/mol. The van der Waals surface area contributed by atoms with Gasteiger partial charge in [0.2, 0.25) is 0 Å². The van der Waals surface area contributed by atoms with Crippen LogP contribution in [-0.4, -0.2) is 10.2 Å². The van der Waals surface area contributed by atoms with Crippen molar-refractivity contribution >= 4 is 31.8 Å². The van der Waals surface area contributed by atoms with Crippen LogP contribution in [0, 0.1) is 0 Å². The minimum Gasteiger partial charge on any atom is -1.00 e. The molecule has 0 nitrogen and oxygen atoms in total. The standard InChI is InChI=1S/2C17H15.C3H8.CH3Si.2ClH.Zr/c2*1-2-13-11-15-9-6-10-16(17(15)12-13)14-7-4-3-5-8-14;1-3-2;1-2;;;/h2*3-12H,2H2,1H3;3H2,1-2H3;1H3;2*1H;/q2*-1;;;;;+4/p-2. The summed E-state index contributed by atoms with van der Waals surface area (Å²) in [5.74, 6) is 0. The Labute approximate surface area is 289 Å². The fourth-order valence-corrected chi connectivity index (χ4v) is 4.74. The van der Waals surface area contributed by atoms with Gasteiger partial charge in [0.25, 0.3) is 0 Å². The predicted octanol–water partition coefficient (Wildman–Crippen LogP) is 5.20. The van der Waals surface area contributed by atoms with Gasteiger partial charge in [0.1, 0.15) is 0 Å². The Bertz CT molecular complexity index is 1420. The van der Waals surface area contributed by atoms with Gasteiger partial charge in [-0.1, -0.05) is 125 Å². The van der Waals surface area contributed by atoms with E-state index in [4.69, 9.17) is 0 Å². The SMILES string of the molecule is CCC.CCc1cc2c(-c3ccccc3)cccc2[cH-]1.CCc1cc2c(-c3ccccc3)cccc2[cH-]1.C[Si].[Cl-].[Cl-].[Zr+4]. The van der Waals surface area contributed by atoms with Crippen LogP contribution in [0.4, 0.5) is 0 Å². The smallest absolute Gasteiger partial charge is 1.00 e. The van der Waals surface area contributed by atoms with E-state index < -0.39 is 0 Å². The van der Waals surface area contributed by atoms with Gasteiger partial charge in [0.15, 0.2) is 0 Å². The minimum absolute atomic E-state index is 0. The van der Waals surface area contributed by atoms with Gasteiger partial charge in [-0.15, -0.1) is 69.1 Å². The Balaban J connectivity index is 0.000000654. The summed E-state index contributed by atoms with van der Waals surface area (Å²) in [4.78, 5) is 0. The Morgan fingerprint density at radius 3 is 1.14 bits per heavy atom. The summed E-state index contributed by atoms with van der Waals surface area (Å²) in [6, 6.07) is 43.5. The van der Waals surface area contributed by atoms with Gasteiger partial charge in [-0.3, -0.25) is 0 Å². The van der Waals surface area contributed by atoms with E-state index in [9.17, 15) is 0 Å². The summed E-state index contributed by atoms with van der Waals surface area (Å²) in [5, 5.41) is 5.44. The van der Waals surface area contributed by atoms with Crippen LogP contribution in [0.3, 0.4) is 0 Å². The van der Waals surface area contributed by atoms with Crippen molar-refractivity contribution in [2.24, 2.45) is 0 Å². The van der Waals surface area contributed by atoms with Gasteiger partial charge in [0.05, 0.1) is 0 Å². The Hall–Kier alpha value is -2.22. The number of rotatable bonds is 4. The molecule has 3 radical (unpaired) electrons. The van der Waals surface area contributed by atoms with Crippen molar-refractivity contribution in [3.63, 3.8) is 0 Å². The maximum absolute atomic E-state index is 2.97. The van der Waals surface area contributed by atoms with Crippen LogP contribution in [-0.2, 0) is 39.0 Å². The maximum Gasteiger partial charge on any atom is 4.00 e. The van der Waals surface area contributed by atoms with Crippen LogP contribution in [0.1, 0.15) is 45.2 Å². The number of hydrogen-bond acceptors (Lipinski definition) is 0. The molecule has 0 heterocycles. The molecule has 0 aromatic heterocycles. The molecule has 4 heteroatoms. The molecule has 0 atom stereocenters. The van der Waals surface area contributed by atoms with Crippen LogP contribution in [0.2, 0.25) is 6.55 Å². The molecule has 6 aromatic rings. The van der Waals surface area contributed by atoms with E-state index >= 15 is 0 Å². The van der Waals surface area contributed by atoms with E-state index in [1.807, 2.05) is 0 Å². The zero-order valence-electron chi connectivity index (χ0n) is 25.4. The Morgan fingerprint density at radius 2 is 0.833 bits per heavy atom. The van der Waals surface area contributed by atoms with Gasteiger partial charge in [-0.05, 0) is 24.0 Å². The van der Waals surface area contributed by atoms with Crippen LogP contribution in [0.25, 0.3) is 43.8 Å². The molecule has 0 saturated heterocycles. The van der Waals surface area contributed by atoms with Crippen molar-refractivity contribution in [2.45, 2.75) is 53.5 Å². The molecule has 215 valence electrons. The summed E-state index contributed by atoms with van der Waals surface area (Å²) >= 11 is 0. The number of benzene rings is 4. The molecule has 0 N–H and O–H groups in total. The molecule has 0 aliphatic heterocycles. The molecule has 42 heavy (non-hydrogen) atoms. The fourth-order valence-electron chi connectivity index (χ4n) is 4.74. The Kier molecular flexibility index (Phi) is 20.3. The molecule has 0 aliphatic carbocycles. The fraction of sp³-hybridized carbons (Fsp3) is 0.211. The first-order valence-electron chi connectivity index (χ1n) is 14.2. The molecule has 0 spiro atoms. The first kappa shape index (κ1) is 39.8. The van der Waals surface area contributed by atoms with E-state index in [1.165, 1.54) is 61.3 Å². The summed E-state index contributed by atoms with van der Waals surface area (Å²) in [6.45, 7) is 10.5. The quantitative estimate of drug-likeness (QED) is 0.177. The van der Waals surface area contributed by atoms with E-state index in [2.05, 4.69) is 159 Å². The number of aryl methyl sites for hydroxylation is 2. The van der Waals surface area contributed by atoms with Crippen molar-refractivity contribution < 1.29 is 51.0 Å². The van der Waals surface area contributed by atoms with E-state index in [0.29, 0.717) is 0 Å². The van der Waals surface area contributed by atoms with Crippen molar-refractivity contribution in [1.29, 1.82) is 0 Å². The third kappa shape index (κ3) is 10.5. The van der Waals surface area contributed by atoms with Crippen molar-refractivity contribution in [3.8, 4) is 22.3 Å². The van der Waals surface area contributed by atoms with Gasteiger partial charge in [-0.2, -0.15) is 12.1 Å². The van der Waals surface area contributed by atoms with Crippen molar-refractivity contribution in [2.75, 3.05) is 0 Å². The predicted molar refractivity (Wildman–Crippen MR) is 176 cm³/mol. The first-order valence-corrected chi connectivity index (χ1v) is 15.2. The normalized spacial score (nSPS) is 9.38. The molecule has 6 rings (SSSR count). The second kappa shape index (κ2) is 21.5. The molecule has 0 bridgehead atoms. The van der Waals surface area contributed by atoms with Crippen LogP contribution >= 0.6 is 0 Å². The first-order chi connectivity index (χ1) is 19.2. The van der Waals surface area contributed by atoms with Gasteiger partial charge in [-0.25, -0.2) is 0 Å². The van der Waals surface area contributed by atoms with Gasteiger partial charge >= 0.3 is 26.2 Å². The van der Waals surface area contributed by atoms with Crippen LogP contribution in [0.15, 0.2) is 121 Å². The van der Waals surface area contributed by atoms with E-state index in [0.717, 1.165) is 12.8 Å². The van der Waals surface area contributed by atoms with E-state index in [1.54, 1.807) is 6.55 Å². The summed E-state index contributed by atoms with van der Waals surface area (Å²) in [6.07, 6.45) is 3.45. The van der Waals surface area contributed by atoms with Crippen molar-refractivity contribution in [1.82, 2.24) is 0 Å². The molecule has 0 amide bonds. The van der Waals surface area contributed by atoms with Gasteiger partial charge in [0, 0.05) is 10.2 Å². The molecule has 0 aliphatic rings. The maximum atomic E-state index is 2.97. The summed E-state index contributed by atoms with van der Waals surface area (Å²) in [7, 11) is 2.97. The minimum atomic E-state index is 0. The van der Waals surface area contributed by atoms with Crippen molar-refractivity contribution in [3.05, 3.63) is 132 Å². The topological polar surface area (TPSA) is 0 Å². The second-order valence-electron chi connectivity index (χ2n) is 9.49. The van der Waals surface area contributed by atoms with E-state index in [-0.39, 0.29) is 51.0 Å². The molecule has 0 unspecified atom stereocenters. The third-order valence-corrected chi connectivity index (χ3v) is 6.61. The zero-order chi connectivity index (χ0) is 28.0. The second-order valence-corrected chi connectivity index (χ2v) is 9.49. The number of fused-ring (bicyclic) bond motifs is 2. The molecular formula is C38H41Cl2SiZr. The molecule has 0 saturated carbocycles. The Morgan fingerprint density at radius 1 is 0.500 bits per heavy atom. The zero-order valence-corrected chi connectivity index (χ0v) is 30.4. The summed E-state index contributed by atoms with van der Waals surface area (Å²) in [5.41, 5.74) is 8.11. The number of hydrogen-bond donors (Lipinski definition) is 0. The number of halogens is 2. The average Bonchev–Trinajstić information content (AvgIpc) is 3.64.